The van der Waals surface area contributed by atoms with E-state index in [1.807, 2.05) is 42.5 Å². The van der Waals surface area contributed by atoms with E-state index in [4.69, 9.17) is 10.5 Å². The topological polar surface area (TPSA) is 55.5 Å². The van der Waals surface area contributed by atoms with Crippen LogP contribution in [-0.4, -0.2) is 5.11 Å². The van der Waals surface area contributed by atoms with Crippen molar-refractivity contribution >= 4 is 0 Å². The third-order valence-corrected chi connectivity index (χ3v) is 3.87. The highest BCUT2D eigenvalue weighted by atomic mass is 16.5. The average Bonchev–Trinajstić information content (AvgIpc) is 2.52. The molecule has 2 aromatic carbocycles. The monoisotopic (exact) mass is 285 g/mol. The zero-order valence-electron chi connectivity index (χ0n) is 12.6. The summed E-state index contributed by atoms with van der Waals surface area (Å²) in [6.45, 7) is 4.67. The SMILES string of the molecule is CCC(C)[C@H](N)c1ccc(OCc2ccccc2)cc1O. The number of phenolic OH excluding ortho intramolecular Hbond substituents is 1. The summed E-state index contributed by atoms with van der Waals surface area (Å²) in [6, 6.07) is 15.1. The first-order valence-electron chi connectivity index (χ1n) is 7.37. The molecular formula is C18H23NO2. The lowest BCUT2D eigenvalue weighted by Crippen LogP contribution is -2.18. The molecule has 21 heavy (non-hydrogen) atoms. The molecule has 0 aromatic heterocycles. The van der Waals surface area contributed by atoms with Crippen LogP contribution in [0.3, 0.4) is 0 Å². The highest BCUT2D eigenvalue weighted by Crippen LogP contribution is 2.32. The molecule has 0 aliphatic carbocycles. The molecule has 2 rings (SSSR count). The molecule has 3 heteroatoms. The molecule has 0 spiro atoms. The van der Waals surface area contributed by atoms with E-state index in [-0.39, 0.29) is 11.8 Å². The van der Waals surface area contributed by atoms with Gasteiger partial charge in [-0.05, 0) is 17.5 Å². The van der Waals surface area contributed by atoms with E-state index in [0.717, 1.165) is 17.5 Å². The number of nitrogens with two attached hydrogens (primary N) is 1. The third-order valence-electron chi connectivity index (χ3n) is 3.87. The number of hydrogen-bond donors (Lipinski definition) is 2. The quantitative estimate of drug-likeness (QED) is 0.843. The molecule has 0 bridgehead atoms. The van der Waals surface area contributed by atoms with Crippen molar-refractivity contribution in [3.05, 3.63) is 59.7 Å². The van der Waals surface area contributed by atoms with Crippen LogP contribution in [0.4, 0.5) is 0 Å². The summed E-state index contributed by atoms with van der Waals surface area (Å²) in [5.41, 5.74) is 8.03. The molecule has 0 radical (unpaired) electrons. The van der Waals surface area contributed by atoms with Crippen molar-refractivity contribution in [3.63, 3.8) is 0 Å². The summed E-state index contributed by atoms with van der Waals surface area (Å²) in [4.78, 5) is 0. The lowest BCUT2D eigenvalue weighted by atomic mass is 9.93. The maximum Gasteiger partial charge on any atom is 0.124 e. The predicted octanol–water partition coefficient (Wildman–Crippen LogP) is 4.02. The van der Waals surface area contributed by atoms with Gasteiger partial charge < -0.3 is 15.6 Å². The second-order valence-electron chi connectivity index (χ2n) is 5.41. The zero-order valence-corrected chi connectivity index (χ0v) is 12.6. The molecule has 0 heterocycles. The Hall–Kier alpha value is -2.00. The Kier molecular flexibility index (Phi) is 5.23. The van der Waals surface area contributed by atoms with Crippen LogP contribution in [0.1, 0.15) is 37.4 Å². The van der Waals surface area contributed by atoms with Gasteiger partial charge in [-0.1, -0.05) is 56.7 Å². The molecule has 2 atom stereocenters. The third kappa shape index (κ3) is 3.99. The van der Waals surface area contributed by atoms with Gasteiger partial charge in [0.05, 0.1) is 0 Å². The zero-order chi connectivity index (χ0) is 15.2. The van der Waals surface area contributed by atoms with Gasteiger partial charge in [0.25, 0.3) is 0 Å². The maximum atomic E-state index is 10.1. The van der Waals surface area contributed by atoms with Gasteiger partial charge in [-0.3, -0.25) is 0 Å². The van der Waals surface area contributed by atoms with Gasteiger partial charge in [-0.2, -0.15) is 0 Å². The molecule has 0 saturated carbocycles. The maximum absolute atomic E-state index is 10.1. The summed E-state index contributed by atoms with van der Waals surface area (Å²) in [6.07, 6.45) is 0.979. The van der Waals surface area contributed by atoms with Crippen molar-refractivity contribution in [2.24, 2.45) is 11.7 Å². The van der Waals surface area contributed by atoms with Crippen LogP contribution in [0.15, 0.2) is 48.5 Å². The van der Waals surface area contributed by atoms with Gasteiger partial charge >= 0.3 is 0 Å². The number of phenols is 1. The Morgan fingerprint density at radius 2 is 1.86 bits per heavy atom. The van der Waals surface area contributed by atoms with E-state index < -0.39 is 0 Å². The molecular weight excluding hydrogens is 262 g/mol. The van der Waals surface area contributed by atoms with E-state index in [1.165, 1.54) is 0 Å². The van der Waals surface area contributed by atoms with Gasteiger partial charge in [-0.15, -0.1) is 0 Å². The van der Waals surface area contributed by atoms with E-state index in [1.54, 1.807) is 6.07 Å². The Balaban J connectivity index is 2.05. The van der Waals surface area contributed by atoms with Crippen LogP contribution in [0.25, 0.3) is 0 Å². The number of aromatic hydroxyl groups is 1. The summed E-state index contributed by atoms with van der Waals surface area (Å²) in [5.74, 6) is 1.18. The molecule has 112 valence electrons. The van der Waals surface area contributed by atoms with Crippen molar-refractivity contribution in [1.82, 2.24) is 0 Å². The van der Waals surface area contributed by atoms with Gasteiger partial charge in [0.15, 0.2) is 0 Å². The van der Waals surface area contributed by atoms with Gasteiger partial charge in [-0.25, -0.2) is 0 Å². The number of hydrogen-bond acceptors (Lipinski definition) is 3. The summed E-state index contributed by atoms with van der Waals surface area (Å²) < 4.78 is 5.69. The van der Waals surface area contributed by atoms with E-state index in [9.17, 15) is 5.11 Å². The molecule has 0 saturated heterocycles. The molecule has 3 nitrogen and oxygen atoms in total. The van der Waals surface area contributed by atoms with E-state index in [0.29, 0.717) is 18.3 Å². The second-order valence-corrected chi connectivity index (χ2v) is 5.41. The Morgan fingerprint density at radius 1 is 1.14 bits per heavy atom. The number of ether oxygens (including phenoxy) is 1. The van der Waals surface area contributed by atoms with Crippen LogP contribution in [0.2, 0.25) is 0 Å². The van der Waals surface area contributed by atoms with Crippen molar-refractivity contribution in [2.45, 2.75) is 32.9 Å². The van der Waals surface area contributed by atoms with Crippen molar-refractivity contribution < 1.29 is 9.84 Å². The van der Waals surface area contributed by atoms with Crippen LogP contribution in [-0.2, 0) is 6.61 Å². The van der Waals surface area contributed by atoms with Gasteiger partial charge in [0.1, 0.15) is 18.1 Å². The fourth-order valence-electron chi connectivity index (χ4n) is 2.20. The predicted molar refractivity (Wildman–Crippen MR) is 85.3 cm³/mol. The molecule has 3 N–H and O–H groups in total. The molecule has 2 aromatic rings. The normalized spacial score (nSPS) is 13.7. The van der Waals surface area contributed by atoms with Crippen LogP contribution in [0, 0.1) is 5.92 Å². The lowest BCUT2D eigenvalue weighted by molar-refractivity contribution is 0.303. The number of benzene rings is 2. The summed E-state index contributed by atoms with van der Waals surface area (Å²) >= 11 is 0. The van der Waals surface area contributed by atoms with Crippen molar-refractivity contribution in [3.8, 4) is 11.5 Å². The van der Waals surface area contributed by atoms with Crippen LogP contribution < -0.4 is 10.5 Å². The largest absolute Gasteiger partial charge is 0.507 e. The minimum absolute atomic E-state index is 0.154. The van der Waals surface area contributed by atoms with E-state index >= 15 is 0 Å². The fraction of sp³-hybridized carbons (Fsp3) is 0.333. The highest BCUT2D eigenvalue weighted by molar-refractivity contribution is 5.41. The lowest BCUT2D eigenvalue weighted by Gasteiger charge is -2.20. The molecule has 0 aliphatic rings. The van der Waals surface area contributed by atoms with Crippen molar-refractivity contribution in [2.75, 3.05) is 0 Å². The number of rotatable bonds is 6. The molecule has 0 aliphatic heterocycles. The first-order chi connectivity index (χ1) is 10.1. The van der Waals surface area contributed by atoms with Crippen LogP contribution >= 0.6 is 0 Å². The molecule has 0 fully saturated rings. The Morgan fingerprint density at radius 3 is 2.48 bits per heavy atom. The average molecular weight is 285 g/mol. The second kappa shape index (κ2) is 7.14. The molecule has 1 unspecified atom stereocenters. The first-order valence-corrected chi connectivity index (χ1v) is 7.37. The van der Waals surface area contributed by atoms with E-state index in [2.05, 4.69) is 13.8 Å². The Labute approximate surface area is 126 Å². The fourth-order valence-corrected chi connectivity index (χ4v) is 2.20. The summed E-state index contributed by atoms with van der Waals surface area (Å²) in [7, 11) is 0. The Bertz CT molecular complexity index is 569. The van der Waals surface area contributed by atoms with Crippen molar-refractivity contribution in [1.29, 1.82) is 0 Å². The highest BCUT2D eigenvalue weighted by Gasteiger charge is 2.17. The van der Waals surface area contributed by atoms with Crippen LogP contribution in [0.5, 0.6) is 11.5 Å². The minimum Gasteiger partial charge on any atom is -0.507 e. The smallest absolute Gasteiger partial charge is 0.124 e. The first kappa shape index (κ1) is 15.4. The summed E-state index contributed by atoms with van der Waals surface area (Å²) in [5, 5.41) is 10.1. The standard InChI is InChI=1S/C18H23NO2/c1-3-13(2)18(19)16-10-9-15(11-17(16)20)21-12-14-7-5-4-6-8-14/h4-11,13,18,20H,3,12,19H2,1-2H3/t13?,18-/m0/s1. The molecule has 0 amide bonds. The van der Waals surface area contributed by atoms with Gasteiger partial charge in [0, 0.05) is 17.7 Å². The van der Waals surface area contributed by atoms with Gasteiger partial charge in [0.2, 0.25) is 0 Å². The minimum atomic E-state index is -0.154.